The third-order valence-electron chi connectivity index (χ3n) is 4.75. The normalized spacial score (nSPS) is 15.3. The summed E-state index contributed by atoms with van der Waals surface area (Å²) in [5, 5.41) is 16.7. The molecule has 1 aromatic carbocycles. The maximum atomic E-state index is 11.2. The third kappa shape index (κ3) is 3.67. The van der Waals surface area contributed by atoms with Crippen molar-refractivity contribution in [1.82, 2.24) is 15.1 Å². The molecular weight excluding hydrogens is 334 g/mol. The molecule has 0 aliphatic carbocycles. The number of H-pyrrole nitrogens is 1. The van der Waals surface area contributed by atoms with Crippen molar-refractivity contribution in [2.24, 2.45) is 0 Å². The van der Waals surface area contributed by atoms with Crippen molar-refractivity contribution < 1.29 is 19.4 Å². The second-order valence-electron chi connectivity index (χ2n) is 6.49. The Balaban J connectivity index is 1.82. The van der Waals surface area contributed by atoms with Crippen LogP contribution in [0.15, 0.2) is 18.2 Å². The van der Waals surface area contributed by atoms with Crippen LogP contribution in [0.25, 0.3) is 0 Å². The predicted octanol–water partition coefficient (Wildman–Crippen LogP) is 2.39. The van der Waals surface area contributed by atoms with Gasteiger partial charge in [0.25, 0.3) is 0 Å². The van der Waals surface area contributed by atoms with E-state index in [1.54, 1.807) is 13.2 Å². The molecule has 2 aromatic rings. The summed E-state index contributed by atoms with van der Waals surface area (Å²) in [7, 11) is 1.56. The number of aromatic nitrogens is 2. The second-order valence-corrected chi connectivity index (χ2v) is 6.49. The highest BCUT2D eigenvalue weighted by atomic mass is 16.5. The number of carboxylic acid groups (broad SMARTS) is 1. The van der Waals surface area contributed by atoms with Gasteiger partial charge in [-0.25, -0.2) is 4.79 Å². The van der Waals surface area contributed by atoms with E-state index in [9.17, 15) is 9.90 Å². The molecule has 1 aromatic heterocycles. The standard InChI is InChI=1S/C19H25N3O4/c1-4-15-14-11-22(9-8-16(14)21-20-15)10-13-6-5-7-17(25-3)18(13)26-12(2)19(23)24/h5-7,12H,4,8-11H2,1-3H3,(H,20,21)(H,23,24)/t12-/m0/s1. The Morgan fingerprint density at radius 2 is 2.27 bits per heavy atom. The van der Waals surface area contributed by atoms with E-state index in [-0.39, 0.29) is 0 Å². The van der Waals surface area contributed by atoms with E-state index in [0.29, 0.717) is 18.0 Å². The van der Waals surface area contributed by atoms with Gasteiger partial charge >= 0.3 is 5.97 Å². The number of fused-ring (bicyclic) bond motifs is 1. The first-order valence-electron chi connectivity index (χ1n) is 8.86. The van der Waals surface area contributed by atoms with Crippen LogP contribution in [0, 0.1) is 0 Å². The fraction of sp³-hybridized carbons (Fsp3) is 0.474. The topological polar surface area (TPSA) is 87.7 Å². The number of aromatic amines is 1. The number of rotatable bonds is 7. The summed E-state index contributed by atoms with van der Waals surface area (Å²) in [5.41, 5.74) is 4.54. The van der Waals surface area contributed by atoms with Crippen LogP contribution < -0.4 is 9.47 Å². The average molecular weight is 359 g/mol. The van der Waals surface area contributed by atoms with E-state index in [2.05, 4.69) is 22.0 Å². The lowest BCUT2D eigenvalue weighted by Gasteiger charge is -2.28. The predicted molar refractivity (Wildman–Crippen MR) is 96.5 cm³/mol. The first kappa shape index (κ1) is 18.3. The van der Waals surface area contributed by atoms with Gasteiger partial charge in [0.1, 0.15) is 0 Å². The van der Waals surface area contributed by atoms with E-state index >= 15 is 0 Å². The van der Waals surface area contributed by atoms with Gasteiger partial charge in [0.2, 0.25) is 0 Å². The number of hydrogen-bond donors (Lipinski definition) is 2. The molecular formula is C19H25N3O4. The number of para-hydroxylation sites is 1. The first-order valence-corrected chi connectivity index (χ1v) is 8.86. The van der Waals surface area contributed by atoms with E-state index in [1.165, 1.54) is 18.2 Å². The lowest BCUT2D eigenvalue weighted by Crippen LogP contribution is -2.31. The highest BCUT2D eigenvalue weighted by Crippen LogP contribution is 2.34. The number of aryl methyl sites for hydroxylation is 1. The van der Waals surface area contributed by atoms with Crippen LogP contribution >= 0.6 is 0 Å². The van der Waals surface area contributed by atoms with E-state index in [1.807, 2.05) is 12.1 Å². The number of ether oxygens (including phenoxy) is 2. The van der Waals surface area contributed by atoms with E-state index in [0.717, 1.165) is 37.2 Å². The van der Waals surface area contributed by atoms with Gasteiger partial charge in [0.05, 0.1) is 12.8 Å². The number of nitrogens with one attached hydrogen (secondary N) is 1. The van der Waals surface area contributed by atoms with Crippen LogP contribution in [0.4, 0.5) is 0 Å². The molecule has 0 unspecified atom stereocenters. The summed E-state index contributed by atoms with van der Waals surface area (Å²) in [5.74, 6) is 0.0416. The molecule has 0 radical (unpaired) electrons. The Labute approximate surface area is 152 Å². The Hall–Kier alpha value is -2.54. The molecule has 0 amide bonds. The molecule has 2 N–H and O–H groups in total. The Morgan fingerprint density at radius 1 is 1.46 bits per heavy atom. The summed E-state index contributed by atoms with van der Waals surface area (Å²) < 4.78 is 11.1. The summed E-state index contributed by atoms with van der Waals surface area (Å²) in [4.78, 5) is 13.5. The number of aliphatic carboxylic acids is 1. The Morgan fingerprint density at radius 3 is 2.96 bits per heavy atom. The molecule has 1 aliphatic heterocycles. The molecule has 0 spiro atoms. The van der Waals surface area contributed by atoms with Gasteiger partial charge in [-0.3, -0.25) is 10.00 Å². The number of methoxy groups -OCH3 is 1. The van der Waals surface area contributed by atoms with Gasteiger partial charge in [-0.05, 0) is 19.4 Å². The second kappa shape index (κ2) is 7.78. The van der Waals surface area contributed by atoms with Crippen LogP contribution in [-0.2, 0) is 30.7 Å². The minimum absolute atomic E-state index is 0.499. The zero-order valence-corrected chi connectivity index (χ0v) is 15.4. The van der Waals surface area contributed by atoms with Crippen molar-refractivity contribution in [2.45, 2.75) is 45.9 Å². The van der Waals surface area contributed by atoms with E-state index in [4.69, 9.17) is 9.47 Å². The largest absolute Gasteiger partial charge is 0.493 e. The molecule has 0 bridgehead atoms. The SMILES string of the molecule is CCc1n[nH]c2c1CN(Cc1cccc(OC)c1O[C@@H](C)C(=O)O)CC2. The van der Waals surface area contributed by atoms with Crippen LogP contribution in [0.3, 0.4) is 0 Å². The quantitative estimate of drug-likeness (QED) is 0.789. The lowest BCUT2D eigenvalue weighted by atomic mass is 10.0. The zero-order valence-electron chi connectivity index (χ0n) is 15.4. The van der Waals surface area contributed by atoms with E-state index < -0.39 is 12.1 Å². The molecule has 2 heterocycles. The molecule has 7 nitrogen and oxygen atoms in total. The van der Waals surface area contributed by atoms with Crippen LogP contribution in [0.1, 0.15) is 36.4 Å². The maximum absolute atomic E-state index is 11.2. The highest BCUT2D eigenvalue weighted by Gasteiger charge is 2.24. The van der Waals surface area contributed by atoms with Crippen molar-refractivity contribution in [3.8, 4) is 11.5 Å². The lowest BCUT2D eigenvalue weighted by molar-refractivity contribution is -0.144. The monoisotopic (exact) mass is 359 g/mol. The smallest absolute Gasteiger partial charge is 0.344 e. The average Bonchev–Trinajstić information content (AvgIpc) is 3.05. The van der Waals surface area contributed by atoms with Gasteiger partial charge in [-0.2, -0.15) is 5.10 Å². The van der Waals surface area contributed by atoms with Crippen molar-refractivity contribution in [3.05, 3.63) is 40.7 Å². The highest BCUT2D eigenvalue weighted by molar-refractivity contribution is 5.72. The van der Waals surface area contributed by atoms with Crippen LogP contribution in [-0.4, -0.2) is 45.9 Å². The molecule has 26 heavy (non-hydrogen) atoms. The molecule has 0 fully saturated rings. The number of carboxylic acids is 1. The Kier molecular flexibility index (Phi) is 5.46. The molecule has 7 heteroatoms. The Bertz CT molecular complexity index is 774. The summed E-state index contributed by atoms with van der Waals surface area (Å²) in [6.45, 7) is 6.01. The fourth-order valence-corrected chi connectivity index (χ4v) is 3.29. The van der Waals surface area contributed by atoms with Crippen LogP contribution in [0.5, 0.6) is 11.5 Å². The maximum Gasteiger partial charge on any atom is 0.344 e. The third-order valence-corrected chi connectivity index (χ3v) is 4.75. The van der Waals surface area contributed by atoms with Gasteiger partial charge < -0.3 is 14.6 Å². The van der Waals surface area contributed by atoms with Crippen molar-refractivity contribution in [2.75, 3.05) is 13.7 Å². The van der Waals surface area contributed by atoms with Crippen molar-refractivity contribution >= 4 is 5.97 Å². The molecule has 1 atom stereocenters. The first-order chi connectivity index (χ1) is 12.5. The van der Waals surface area contributed by atoms with Gasteiger partial charge in [0.15, 0.2) is 17.6 Å². The number of carbonyl (C=O) groups is 1. The van der Waals surface area contributed by atoms with Gasteiger partial charge in [0, 0.05) is 42.9 Å². The number of nitrogens with zero attached hydrogens (tertiary/aromatic N) is 2. The van der Waals surface area contributed by atoms with Crippen molar-refractivity contribution in [3.63, 3.8) is 0 Å². The fourth-order valence-electron chi connectivity index (χ4n) is 3.29. The molecule has 0 saturated carbocycles. The number of benzene rings is 1. The minimum Gasteiger partial charge on any atom is -0.493 e. The molecule has 140 valence electrons. The summed E-state index contributed by atoms with van der Waals surface area (Å²) in [6.07, 6.45) is 0.885. The van der Waals surface area contributed by atoms with Gasteiger partial charge in [-0.1, -0.05) is 19.1 Å². The number of hydrogen-bond acceptors (Lipinski definition) is 5. The van der Waals surface area contributed by atoms with Crippen molar-refractivity contribution in [1.29, 1.82) is 0 Å². The summed E-state index contributed by atoms with van der Waals surface area (Å²) >= 11 is 0. The summed E-state index contributed by atoms with van der Waals surface area (Å²) in [6, 6.07) is 5.64. The molecule has 0 saturated heterocycles. The molecule has 1 aliphatic rings. The molecule has 3 rings (SSSR count). The van der Waals surface area contributed by atoms with Crippen LogP contribution in [0.2, 0.25) is 0 Å². The zero-order chi connectivity index (χ0) is 18.7. The minimum atomic E-state index is -1.00. The van der Waals surface area contributed by atoms with Gasteiger partial charge in [-0.15, -0.1) is 0 Å².